The summed E-state index contributed by atoms with van der Waals surface area (Å²) < 4.78 is 2.16. The Labute approximate surface area is 170 Å². The number of fused-ring (bicyclic) bond motifs is 1. The van der Waals surface area contributed by atoms with Crippen LogP contribution in [0, 0.1) is 0 Å². The molecular formula is C22H26N6O. The molecule has 0 fully saturated rings. The number of carbonyl (C=O) groups excluding carboxylic acids is 1. The van der Waals surface area contributed by atoms with E-state index in [1.807, 2.05) is 0 Å². The average molecular weight is 390 g/mol. The first-order valence-corrected chi connectivity index (χ1v) is 10.1. The van der Waals surface area contributed by atoms with Gasteiger partial charge in [0, 0.05) is 44.0 Å². The van der Waals surface area contributed by atoms with Crippen LogP contribution in [0.15, 0.2) is 54.9 Å². The highest BCUT2D eigenvalue weighted by atomic mass is 16.1. The summed E-state index contributed by atoms with van der Waals surface area (Å²) in [4.78, 5) is 18.7. The Morgan fingerprint density at radius 2 is 1.83 bits per heavy atom. The topological polar surface area (TPSA) is 75.9 Å². The molecule has 1 aliphatic rings. The molecule has 1 amide bonds. The lowest BCUT2D eigenvalue weighted by atomic mass is 10.1. The minimum absolute atomic E-state index is 0.124. The SMILES string of the molecule is O=C(NCc1nnc2n1CCN(CCCc1ccccc1)CC2)c1ccncc1. The summed E-state index contributed by atoms with van der Waals surface area (Å²) >= 11 is 0. The molecule has 0 atom stereocenters. The third kappa shape index (κ3) is 5.06. The molecule has 150 valence electrons. The molecule has 0 saturated carbocycles. The van der Waals surface area contributed by atoms with Gasteiger partial charge in [-0.1, -0.05) is 30.3 Å². The molecule has 0 unspecified atom stereocenters. The number of rotatable bonds is 7. The van der Waals surface area contributed by atoms with E-state index in [4.69, 9.17) is 0 Å². The van der Waals surface area contributed by atoms with Crippen LogP contribution < -0.4 is 5.32 Å². The fraction of sp³-hybridized carbons (Fsp3) is 0.364. The van der Waals surface area contributed by atoms with Crippen LogP contribution in [0.4, 0.5) is 0 Å². The normalized spacial score (nSPS) is 14.2. The van der Waals surface area contributed by atoms with Gasteiger partial charge in [-0.25, -0.2) is 0 Å². The van der Waals surface area contributed by atoms with Crippen LogP contribution >= 0.6 is 0 Å². The molecule has 7 heteroatoms. The summed E-state index contributed by atoms with van der Waals surface area (Å²) in [6.07, 6.45) is 6.38. The van der Waals surface area contributed by atoms with Crippen LogP contribution in [0.1, 0.15) is 34.0 Å². The smallest absolute Gasteiger partial charge is 0.251 e. The number of aryl methyl sites for hydroxylation is 1. The monoisotopic (exact) mass is 390 g/mol. The molecule has 0 spiro atoms. The van der Waals surface area contributed by atoms with Crippen molar-refractivity contribution < 1.29 is 4.79 Å². The molecule has 1 aliphatic heterocycles. The van der Waals surface area contributed by atoms with Gasteiger partial charge in [0.15, 0.2) is 5.82 Å². The van der Waals surface area contributed by atoms with Gasteiger partial charge in [-0.15, -0.1) is 10.2 Å². The van der Waals surface area contributed by atoms with Gasteiger partial charge in [0.25, 0.3) is 5.91 Å². The zero-order chi connectivity index (χ0) is 19.9. The number of nitrogens with one attached hydrogen (secondary N) is 1. The quantitative estimate of drug-likeness (QED) is 0.669. The molecular weight excluding hydrogens is 364 g/mol. The zero-order valence-corrected chi connectivity index (χ0v) is 16.5. The summed E-state index contributed by atoms with van der Waals surface area (Å²) in [7, 11) is 0. The summed E-state index contributed by atoms with van der Waals surface area (Å²) in [5, 5.41) is 11.6. The van der Waals surface area contributed by atoms with Gasteiger partial charge in [-0.3, -0.25) is 9.78 Å². The Morgan fingerprint density at radius 1 is 1.00 bits per heavy atom. The molecule has 29 heavy (non-hydrogen) atoms. The second-order valence-electron chi connectivity index (χ2n) is 7.28. The Bertz CT molecular complexity index is 925. The van der Waals surface area contributed by atoms with Gasteiger partial charge in [0.2, 0.25) is 0 Å². The number of nitrogens with zero attached hydrogens (tertiary/aromatic N) is 5. The van der Waals surface area contributed by atoms with Crippen LogP contribution in [-0.4, -0.2) is 50.2 Å². The number of pyridine rings is 1. The van der Waals surface area contributed by atoms with E-state index in [2.05, 4.69) is 60.3 Å². The highest BCUT2D eigenvalue weighted by Gasteiger charge is 2.19. The van der Waals surface area contributed by atoms with E-state index in [-0.39, 0.29) is 5.91 Å². The molecule has 0 aliphatic carbocycles. The highest BCUT2D eigenvalue weighted by molar-refractivity contribution is 5.93. The number of amides is 1. The first-order chi connectivity index (χ1) is 14.3. The van der Waals surface area contributed by atoms with Gasteiger partial charge < -0.3 is 14.8 Å². The Balaban J connectivity index is 1.28. The molecule has 7 nitrogen and oxygen atoms in total. The first kappa shape index (κ1) is 19.3. The van der Waals surface area contributed by atoms with Gasteiger partial charge in [0.1, 0.15) is 5.82 Å². The zero-order valence-electron chi connectivity index (χ0n) is 16.5. The van der Waals surface area contributed by atoms with Crippen molar-refractivity contribution in [1.29, 1.82) is 0 Å². The van der Waals surface area contributed by atoms with Crippen LogP contribution in [-0.2, 0) is 25.9 Å². The lowest BCUT2D eigenvalue weighted by Gasteiger charge is -2.19. The number of hydrogen-bond donors (Lipinski definition) is 1. The van der Waals surface area contributed by atoms with Crippen LogP contribution in [0.25, 0.3) is 0 Å². The van der Waals surface area contributed by atoms with Crippen molar-refractivity contribution in [3.05, 3.63) is 77.6 Å². The summed E-state index contributed by atoms with van der Waals surface area (Å²) in [6, 6.07) is 14.0. The molecule has 0 bridgehead atoms. The van der Waals surface area contributed by atoms with E-state index in [9.17, 15) is 4.79 Å². The molecule has 3 aromatic rings. The Hall–Kier alpha value is -3.06. The van der Waals surface area contributed by atoms with E-state index in [1.165, 1.54) is 5.56 Å². The lowest BCUT2D eigenvalue weighted by Crippen LogP contribution is -2.29. The number of carbonyl (C=O) groups is 1. The van der Waals surface area contributed by atoms with E-state index in [1.54, 1.807) is 24.5 Å². The Morgan fingerprint density at radius 3 is 2.66 bits per heavy atom. The second kappa shape index (κ2) is 9.43. The molecule has 1 N–H and O–H groups in total. The number of benzene rings is 1. The van der Waals surface area contributed by atoms with Gasteiger partial charge in [-0.05, 0) is 37.1 Å². The van der Waals surface area contributed by atoms with Crippen molar-refractivity contribution in [2.75, 3.05) is 19.6 Å². The molecule has 2 aromatic heterocycles. The van der Waals surface area contributed by atoms with Gasteiger partial charge >= 0.3 is 0 Å². The number of hydrogen-bond acceptors (Lipinski definition) is 5. The molecule has 1 aromatic carbocycles. The van der Waals surface area contributed by atoms with Crippen molar-refractivity contribution in [2.45, 2.75) is 32.4 Å². The van der Waals surface area contributed by atoms with Crippen molar-refractivity contribution >= 4 is 5.91 Å². The van der Waals surface area contributed by atoms with E-state index >= 15 is 0 Å². The Kier molecular flexibility index (Phi) is 6.26. The fourth-order valence-electron chi connectivity index (χ4n) is 3.70. The van der Waals surface area contributed by atoms with Crippen LogP contribution in [0.3, 0.4) is 0 Å². The van der Waals surface area contributed by atoms with Crippen molar-refractivity contribution in [3.8, 4) is 0 Å². The van der Waals surface area contributed by atoms with Crippen LogP contribution in [0.2, 0.25) is 0 Å². The van der Waals surface area contributed by atoms with Gasteiger partial charge in [0.05, 0.1) is 6.54 Å². The summed E-state index contributed by atoms with van der Waals surface area (Å²) in [6.45, 7) is 4.29. The van der Waals surface area contributed by atoms with Crippen LogP contribution in [0.5, 0.6) is 0 Å². The largest absolute Gasteiger partial charge is 0.345 e. The maximum atomic E-state index is 12.3. The standard InChI is InChI=1S/C22H26N6O/c29-22(19-8-11-23-12-9-19)24-17-21-26-25-20-10-14-27(15-16-28(20)21)13-4-7-18-5-2-1-3-6-18/h1-3,5-6,8-9,11-12H,4,7,10,13-17H2,(H,24,29). The summed E-state index contributed by atoms with van der Waals surface area (Å²) in [5.41, 5.74) is 1.99. The third-order valence-corrected chi connectivity index (χ3v) is 5.33. The first-order valence-electron chi connectivity index (χ1n) is 10.1. The minimum Gasteiger partial charge on any atom is -0.345 e. The number of aromatic nitrogens is 4. The third-order valence-electron chi connectivity index (χ3n) is 5.33. The summed E-state index contributed by atoms with van der Waals surface area (Å²) in [5.74, 6) is 1.69. The van der Waals surface area contributed by atoms with Crippen molar-refractivity contribution in [2.24, 2.45) is 0 Å². The van der Waals surface area contributed by atoms with E-state index in [0.717, 1.165) is 57.1 Å². The van der Waals surface area contributed by atoms with Gasteiger partial charge in [-0.2, -0.15) is 0 Å². The van der Waals surface area contributed by atoms with Crippen molar-refractivity contribution in [1.82, 2.24) is 30.0 Å². The highest BCUT2D eigenvalue weighted by Crippen LogP contribution is 2.11. The van der Waals surface area contributed by atoms with Crippen molar-refractivity contribution in [3.63, 3.8) is 0 Å². The molecule has 0 saturated heterocycles. The molecule has 0 radical (unpaired) electrons. The lowest BCUT2D eigenvalue weighted by molar-refractivity contribution is 0.0949. The van der Waals surface area contributed by atoms with E-state index in [0.29, 0.717) is 12.1 Å². The predicted octanol–water partition coefficient (Wildman–Crippen LogP) is 2.09. The predicted molar refractivity (Wildman–Crippen MR) is 110 cm³/mol. The molecule has 4 rings (SSSR count). The second-order valence-corrected chi connectivity index (χ2v) is 7.28. The maximum Gasteiger partial charge on any atom is 0.251 e. The van der Waals surface area contributed by atoms with E-state index < -0.39 is 0 Å². The molecule has 3 heterocycles. The maximum absolute atomic E-state index is 12.3. The fourth-order valence-corrected chi connectivity index (χ4v) is 3.70. The minimum atomic E-state index is -0.124. The average Bonchev–Trinajstić information content (AvgIpc) is 3.05.